The summed E-state index contributed by atoms with van der Waals surface area (Å²) in [7, 11) is 1.47. The van der Waals surface area contributed by atoms with E-state index in [9.17, 15) is 14.7 Å². The van der Waals surface area contributed by atoms with E-state index < -0.39 is 17.9 Å². The van der Waals surface area contributed by atoms with Crippen molar-refractivity contribution >= 4 is 17.5 Å². The van der Waals surface area contributed by atoms with Crippen molar-refractivity contribution in [1.29, 1.82) is 0 Å². The first-order valence-corrected chi connectivity index (χ1v) is 8.38. The van der Waals surface area contributed by atoms with Crippen LogP contribution in [0.1, 0.15) is 18.1 Å². The van der Waals surface area contributed by atoms with Gasteiger partial charge in [-0.25, -0.2) is 0 Å². The second kappa shape index (κ2) is 8.41. The fourth-order valence-electron chi connectivity index (χ4n) is 2.62. The van der Waals surface area contributed by atoms with E-state index in [0.29, 0.717) is 28.5 Å². The summed E-state index contributed by atoms with van der Waals surface area (Å²) < 4.78 is 15.6. The second-order valence-electron chi connectivity index (χ2n) is 5.83. The summed E-state index contributed by atoms with van der Waals surface area (Å²) in [4.78, 5) is 23.9. The van der Waals surface area contributed by atoms with Crippen LogP contribution in [0.2, 0.25) is 0 Å². The van der Waals surface area contributed by atoms with Crippen molar-refractivity contribution in [2.45, 2.75) is 12.5 Å². The molecule has 2 amide bonds. The average molecular weight is 372 g/mol. The summed E-state index contributed by atoms with van der Waals surface area (Å²) in [5.41, 5.74) is 1.05. The van der Waals surface area contributed by atoms with Crippen molar-refractivity contribution in [3.8, 4) is 17.2 Å². The Balaban J connectivity index is 1.48. The zero-order valence-corrected chi connectivity index (χ0v) is 14.7. The molecule has 142 valence electrons. The maximum absolute atomic E-state index is 12.0. The van der Waals surface area contributed by atoms with Gasteiger partial charge in [0.1, 0.15) is 5.75 Å². The zero-order valence-electron chi connectivity index (χ0n) is 14.7. The number of methoxy groups -OCH3 is 1. The summed E-state index contributed by atoms with van der Waals surface area (Å²) in [6, 6.07) is 11.9. The van der Waals surface area contributed by atoms with E-state index >= 15 is 0 Å². The summed E-state index contributed by atoms with van der Waals surface area (Å²) >= 11 is 0. The highest BCUT2D eigenvalue weighted by Crippen LogP contribution is 2.34. The highest BCUT2D eigenvalue weighted by atomic mass is 16.7. The third kappa shape index (κ3) is 4.48. The summed E-state index contributed by atoms with van der Waals surface area (Å²) in [5, 5.41) is 15.2. The highest BCUT2D eigenvalue weighted by Gasteiger charge is 2.18. The molecule has 0 saturated heterocycles. The SMILES string of the molecule is COc1ccccc1NC(=O)C(=O)NCCC(O)c1ccc2c(c1)OCO2. The Morgan fingerprint density at radius 1 is 1.15 bits per heavy atom. The van der Waals surface area contributed by atoms with Gasteiger partial charge >= 0.3 is 11.8 Å². The number of benzene rings is 2. The number of anilines is 1. The van der Waals surface area contributed by atoms with Gasteiger partial charge in [0.15, 0.2) is 11.5 Å². The molecule has 8 heteroatoms. The minimum absolute atomic E-state index is 0.133. The van der Waals surface area contributed by atoms with Crippen molar-refractivity contribution < 1.29 is 28.9 Å². The number of amides is 2. The topological polar surface area (TPSA) is 106 Å². The molecule has 0 bridgehead atoms. The highest BCUT2D eigenvalue weighted by molar-refractivity contribution is 6.39. The van der Waals surface area contributed by atoms with Crippen LogP contribution in [0.5, 0.6) is 17.2 Å². The number of ether oxygens (including phenoxy) is 3. The summed E-state index contributed by atoms with van der Waals surface area (Å²) in [6.45, 7) is 0.292. The maximum atomic E-state index is 12.0. The first-order valence-electron chi connectivity index (χ1n) is 8.38. The van der Waals surface area contributed by atoms with Crippen LogP contribution in [-0.2, 0) is 9.59 Å². The molecule has 0 saturated carbocycles. The maximum Gasteiger partial charge on any atom is 0.313 e. The van der Waals surface area contributed by atoms with Crippen LogP contribution in [0, 0.1) is 0 Å². The predicted octanol–water partition coefficient (Wildman–Crippen LogP) is 1.60. The summed E-state index contributed by atoms with van der Waals surface area (Å²) in [5.74, 6) is 0.0618. The zero-order chi connectivity index (χ0) is 19.2. The third-order valence-electron chi connectivity index (χ3n) is 4.05. The van der Waals surface area contributed by atoms with Crippen LogP contribution in [0.15, 0.2) is 42.5 Å². The number of aliphatic hydroxyl groups excluding tert-OH is 1. The van der Waals surface area contributed by atoms with Crippen LogP contribution in [0.4, 0.5) is 5.69 Å². The minimum Gasteiger partial charge on any atom is -0.495 e. The molecule has 0 spiro atoms. The van der Waals surface area contributed by atoms with Crippen molar-refractivity contribution in [1.82, 2.24) is 5.32 Å². The number of carbonyl (C=O) groups excluding carboxylic acids is 2. The first-order chi connectivity index (χ1) is 13.1. The Hall–Kier alpha value is -3.26. The molecule has 1 aliphatic heterocycles. The lowest BCUT2D eigenvalue weighted by Crippen LogP contribution is -2.36. The van der Waals surface area contributed by atoms with Gasteiger partial charge in [0.2, 0.25) is 6.79 Å². The van der Waals surface area contributed by atoms with E-state index in [1.807, 2.05) is 0 Å². The largest absolute Gasteiger partial charge is 0.495 e. The Kier molecular flexibility index (Phi) is 5.77. The Labute approximate surface area is 156 Å². The number of para-hydroxylation sites is 2. The number of nitrogens with one attached hydrogen (secondary N) is 2. The Morgan fingerprint density at radius 2 is 1.93 bits per heavy atom. The number of aliphatic hydroxyl groups is 1. The molecular formula is C19H20N2O6. The molecule has 3 N–H and O–H groups in total. The average Bonchev–Trinajstić information content (AvgIpc) is 3.16. The Morgan fingerprint density at radius 3 is 2.74 bits per heavy atom. The van der Waals surface area contributed by atoms with E-state index in [1.165, 1.54) is 7.11 Å². The van der Waals surface area contributed by atoms with Crippen LogP contribution in [-0.4, -0.2) is 37.4 Å². The molecule has 1 heterocycles. The smallest absolute Gasteiger partial charge is 0.313 e. The van der Waals surface area contributed by atoms with Crippen LogP contribution >= 0.6 is 0 Å². The van der Waals surface area contributed by atoms with E-state index in [-0.39, 0.29) is 19.8 Å². The van der Waals surface area contributed by atoms with Gasteiger partial charge in [0.25, 0.3) is 0 Å². The number of hydrogen-bond donors (Lipinski definition) is 3. The van der Waals surface area contributed by atoms with Crippen molar-refractivity contribution in [2.75, 3.05) is 25.8 Å². The summed E-state index contributed by atoms with van der Waals surface area (Å²) in [6.07, 6.45) is -0.565. The van der Waals surface area contributed by atoms with Gasteiger partial charge in [0, 0.05) is 6.54 Å². The fourth-order valence-corrected chi connectivity index (χ4v) is 2.62. The molecule has 8 nitrogen and oxygen atoms in total. The number of carbonyl (C=O) groups is 2. The minimum atomic E-state index is -0.808. The second-order valence-corrected chi connectivity index (χ2v) is 5.83. The predicted molar refractivity (Wildman–Crippen MR) is 96.8 cm³/mol. The lowest BCUT2D eigenvalue weighted by atomic mass is 10.1. The van der Waals surface area contributed by atoms with Gasteiger partial charge in [-0.1, -0.05) is 18.2 Å². The standard InChI is InChI=1S/C19H20N2O6/c1-25-15-5-3-2-4-13(15)21-19(24)18(23)20-9-8-14(22)12-6-7-16-17(10-12)27-11-26-16/h2-7,10,14,22H,8-9,11H2,1H3,(H,20,23)(H,21,24). The van der Waals surface area contributed by atoms with Gasteiger partial charge in [-0.15, -0.1) is 0 Å². The monoisotopic (exact) mass is 372 g/mol. The van der Waals surface area contributed by atoms with Gasteiger partial charge in [-0.2, -0.15) is 0 Å². The van der Waals surface area contributed by atoms with Crippen molar-refractivity contribution in [2.24, 2.45) is 0 Å². The number of fused-ring (bicyclic) bond motifs is 1. The molecule has 0 fully saturated rings. The Bertz CT molecular complexity index is 839. The fraction of sp³-hybridized carbons (Fsp3) is 0.263. The van der Waals surface area contributed by atoms with Crippen molar-refractivity contribution in [3.05, 3.63) is 48.0 Å². The van der Waals surface area contributed by atoms with Gasteiger partial charge in [-0.05, 0) is 36.2 Å². The van der Waals surface area contributed by atoms with Gasteiger partial charge in [-0.3, -0.25) is 9.59 Å². The molecule has 27 heavy (non-hydrogen) atoms. The third-order valence-corrected chi connectivity index (χ3v) is 4.05. The molecule has 3 rings (SSSR count). The molecule has 1 aliphatic rings. The molecule has 2 aromatic rings. The molecule has 0 aliphatic carbocycles. The van der Waals surface area contributed by atoms with E-state index in [1.54, 1.807) is 42.5 Å². The molecule has 2 aromatic carbocycles. The lowest BCUT2D eigenvalue weighted by molar-refractivity contribution is -0.136. The molecule has 1 unspecified atom stereocenters. The number of hydrogen-bond acceptors (Lipinski definition) is 6. The molecule has 0 aromatic heterocycles. The quantitative estimate of drug-likeness (QED) is 0.665. The van der Waals surface area contributed by atoms with E-state index in [2.05, 4.69) is 10.6 Å². The number of rotatable bonds is 6. The van der Waals surface area contributed by atoms with Crippen LogP contribution < -0.4 is 24.8 Å². The normalized spacial score (nSPS) is 13.0. The van der Waals surface area contributed by atoms with E-state index in [4.69, 9.17) is 14.2 Å². The van der Waals surface area contributed by atoms with Crippen LogP contribution in [0.3, 0.4) is 0 Å². The lowest BCUT2D eigenvalue weighted by Gasteiger charge is -2.13. The van der Waals surface area contributed by atoms with E-state index in [0.717, 1.165) is 0 Å². The molecule has 1 atom stereocenters. The van der Waals surface area contributed by atoms with Crippen molar-refractivity contribution in [3.63, 3.8) is 0 Å². The molecular weight excluding hydrogens is 352 g/mol. The van der Waals surface area contributed by atoms with Gasteiger partial charge in [0.05, 0.1) is 18.9 Å². The molecule has 0 radical (unpaired) electrons. The van der Waals surface area contributed by atoms with Crippen LogP contribution in [0.25, 0.3) is 0 Å². The first kappa shape index (κ1) is 18.5. The van der Waals surface area contributed by atoms with Gasteiger partial charge < -0.3 is 30.0 Å².